The average molecular weight is 308 g/mol. The number of amides is 2. The summed E-state index contributed by atoms with van der Waals surface area (Å²) in [7, 11) is 0. The Morgan fingerprint density at radius 3 is 2.89 bits per heavy atom. The van der Waals surface area contributed by atoms with Gasteiger partial charge < -0.3 is 15.5 Å². The Morgan fingerprint density at radius 1 is 1.47 bits per heavy atom. The van der Waals surface area contributed by atoms with Crippen molar-refractivity contribution in [3.63, 3.8) is 0 Å². The largest absolute Gasteiger partial charge is 0.350 e. The van der Waals surface area contributed by atoms with Crippen molar-refractivity contribution in [1.29, 1.82) is 0 Å². The highest BCUT2D eigenvalue weighted by Gasteiger charge is 2.34. The number of nitrogens with zero attached hydrogens (tertiary/aromatic N) is 1. The van der Waals surface area contributed by atoms with Gasteiger partial charge in [0.15, 0.2) is 0 Å². The zero-order valence-corrected chi connectivity index (χ0v) is 12.8. The molecule has 0 aromatic carbocycles. The summed E-state index contributed by atoms with van der Waals surface area (Å²) < 4.78 is 0. The van der Waals surface area contributed by atoms with E-state index in [0.717, 1.165) is 31.7 Å². The smallest absolute Gasteiger partial charge is 0.243 e. The van der Waals surface area contributed by atoms with E-state index in [0.29, 0.717) is 12.3 Å². The van der Waals surface area contributed by atoms with Crippen LogP contribution >= 0.6 is 24.2 Å². The average Bonchev–Trinajstić information content (AvgIpc) is 2.88. The van der Waals surface area contributed by atoms with Gasteiger partial charge in [0.05, 0.1) is 5.88 Å². The summed E-state index contributed by atoms with van der Waals surface area (Å²) in [6.45, 7) is 3.71. The molecular weight excluding hydrogens is 286 g/mol. The second-order valence-electron chi connectivity index (χ2n) is 4.78. The topological polar surface area (TPSA) is 61.4 Å². The van der Waals surface area contributed by atoms with E-state index in [2.05, 4.69) is 10.6 Å². The molecule has 0 radical (unpaired) electrons. The molecule has 2 amide bonds. The van der Waals surface area contributed by atoms with E-state index in [1.807, 2.05) is 6.92 Å². The Bertz CT molecular complexity index is 324. The number of hydrogen-bond donors (Lipinski definition) is 2. The number of hydrogen-bond acceptors (Lipinski definition) is 4. The van der Waals surface area contributed by atoms with Crippen LogP contribution in [-0.4, -0.2) is 53.5 Å². The molecular formula is C12H22ClN3O2S. The monoisotopic (exact) mass is 307 g/mol. The lowest BCUT2D eigenvalue weighted by atomic mass is 10.1. The number of carbonyl (C=O) groups is 2. The highest BCUT2D eigenvalue weighted by atomic mass is 35.5. The second kappa shape index (κ2) is 7.97. The van der Waals surface area contributed by atoms with Crippen molar-refractivity contribution in [2.75, 3.05) is 24.7 Å². The first kappa shape index (κ1) is 16.6. The third-order valence-corrected chi connectivity index (χ3v) is 4.46. The summed E-state index contributed by atoms with van der Waals surface area (Å²) in [5, 5.41) is 6.34. The van der Waals surface area contributed by atoms with Crippen LogP contribution in [-0.2, 0) is 9.59 Å². The molecule has 2 fully saturated rings. The van der Waals surface area contributed by atoms with Gasteiger partial charge in [0.1, 0.15) is 6.04 Å². The Hall–Kier alpha value is -0.460. The molecule has 2 aliphatic rings. The first-order valence-corrected chi connectivity index (χ1v) is 7.76. The van der Waals surface area contributed by atoms with Crippen LogP contribution in [0.25, 0.3) is 0 Å². The van der Waals surface area contributed by atoms with Crippen LogP contribution in [0.3, 0.4) is 0 Å². The molecule has 2 rings (SSSR count). The fraction of sp³-hybridized carbons (Fsp3) is 0.833. The van der Waals surface area contributed by atoms with Crippen LogP contribution in [0.4, 0.5) is 0 Å². The minimum atomic E-state index is -0.274. The fourth-order valence-corrected chi connectivity index (χ4v) is 3.56. The van der Waals surface area contributed by atoms with E-state index in [1.54, 1.807) is 16.7 Å². The van der Waals surface area contributed by atoms with Crippen molar-refractivity contribution in [3.05, 3.63) is 0 Å². The predicted octanol–water partition coefficient (Wildman–Crippen LogP) is 0.588. The van der Waals surface area contributed by atoms with Gasteiger partial charge >= 0.3 is 0 Å². The van der Waals surface area contributed by atoms with E-state index in [1.165, 1.54) is 0 Å². The van der Waals surface area contributed by atoms with Crippen LogP contribution in [0.1, 0.15) is 26.2 Å². The van der Waals surface area contributed by atoms with Gasteiger partial charge in [-0.2, -0.15) is 0 Å². The van der Waals surface area contributed by atoms with Crippen LogP contribution in [0.5, 0.6) is 0 Å². The van der Waals surface area contributed by atoms with Gasteiger partial charge in [-0.1, -0.05) is 6.92 Å². The quantitative estimate of drug-likeness (QED) is 0.801. The Balaban J connectivity index is 0.00000180. The molecule has 2 heterocycles. The standard InChI is InChI=1S/C12H21N3O2S.ClH/c1-2-11(16)15-8-18-7-10(15)12(17)14-9-4-3-5-13-6-9;/h9-10,13H,2-8H2,1H3,(H,14,17);1H/t9-,10?;/m0./s1. The molecule has 2 atom stereocenters. The molecule has 1 unspecified atom stereocenters. The van der Waals surface area contributed by atoms with Crippen molar-refractivity contribution in [2.45, 2.75) is 38.3 Å². The van der Waals surface area contributed by atoms with Gasteiger partial charge in [-0.3, -0.25) is 9.59 Å². The van der Waals surface area contributed by atoms with Crippen molar-refractivity contribution in [1.82, 2.24) is 15.5 Å². The normalized spacial score (nSPS) is 26.7. The summed E-state index contributed by atoms with van der Waals surface area (Å²) >= 11 is 1.65. The van der Waals surface area contributed by atoms with Gasteiger partial charge in [0, 0.05) is 24.8 Å². The van der Waals surface area contributed by atoms with Crippen molar-refractivity contribution >= 4 is 36.0 Å². The van der Waals surface area contributed by atoms with E-state index in [4.69, 9.17) is 0 Å². The Labute approximate surface area is 124 Å². The molecule has 2 saturated heterocycles. The number of carbonyl (C=O) groups excluding carboxylic acids is 2. The van der Waals surface area contributed by atoms with Gasteiger partial charge in [0.25, 0.3) is 0 Å². The minimum absolute atomic E-state index is 0. The lowest BCUT2D eigenvalue weighted by molar-refractivity contribution is -0.138. The minimum Gasteiger partial charge on any atom is -0.350 e. The fourth-order valence-electron chi connectivity index (χ4n) is 2.38. The van der Waals surface area contributed by atoms with E-state index in [9.17, 15) is 9.59 Å². The third kappa shape index (κ3) is 4.26. The van der Waals surface area contributed by atoms with Gasteiger partial charge in [-0.25, -0.2) is 0 Å². The van der Waals surface area contributed by atoms with E-state index < -0.39 is 0 Å². The predicted molar refractivity (Wildman–Crippen MR) is 79.5 cm³/mol. The summed E-state index contributed by atoms with van der Waals surface area (Å²) in [6, 6.07) is -0.0557. The highest BCUT2D eigenvalue weighted by molar-refractivity contribution is 7.99. The maximum Gasteiger partial charge on any atom is 0.243 e. The maximum atomic E-state index is 12.2. The SMILES string of the molecule is CCC(=O)N1CSCC1C(=O)N[C@H]1CCCNC1.Cl. The van der Waals surface area contributed by atoms with Crippen molar-refractivity contribution < 1.29 is 9.59 Å². The summed E-state index contributed by atoms with van der Waals surface area (Å²) in [6.07, 6.45) is 2.59. The number of piperidine rings is 1. The molecule has 0 bridgehead atoms. The highest BCUT2D eigenvalue weighted by Crippen LogP contribution is 2.22. The first-order chi connectivity index (χ1) is 8.72. The molecule has 0 aromatic heterocycles. The summed E-state index contributed by atoms with van der Waals surface area (Å²) in [5.41, 5.74) is 0. The van der Waals surface area contributed by atoms with Gasteiger partial charge in [-0.05, 0) is 19.4 Å². The summed E-state index contributed by atoms with van der Waals surface area (Å²) in [4.78, 5) is 25.6. The van der Waals surface area contributed by atoms with E-state index in [-0.39, 0.29) is 36.3 Å². The molecule has 0 aliphatic carbocycles. The molecule has 110 valence electrons. The zero-order chi connectivity index (χ0) is 13.0. The third-order valence-electron chi connectivity index (χ3n) is 3.45. The summed E-state index contributed by atoms with van der Waals surface area (Å²) in [5.74, 6) is 1.45. The molecule has 19 heavy (non-hydrogen) atoms. The first-order valence-electron chi connectivity index (χ1n) is 6.60. The number of thioether (sulfide) groups is 1. The van der Waals surface area contributed by atoms with Crippen LogP contribution in [0.2, 0.25) is 0 Å². The Morgan fingerprint density at radius 2 is 2.26 bits per heavy atom. The molecule has 7 heteroatoms. The molecule has 5 nitrogen and oxygen atoms in total. The number of rotatable bonds is 3. The van der Waals surface area contributed by atoms with Crippen molar-refractivity contribution in [3.8, 4) is 0 Å². The number of halogens is 1. The zero-order valence-electron chi connectivity index (χ0n) is 11.2. The lowest BCUT2D eigenvalue weighted by Gasteiger charge is -2.28. The number of nitrogens with one attached hydrogen (secondary N) is 2. The van der Waals surface area contributed by atoms with E-state index >= 15 is 0 Å². The molecule has 0 saturated carbocycles. The van der Waals surface area contributed by atoms with Crippen molar-refractivity contribution in [2.24, 2.45) is 0 Å². The Kier molecular flexibility index (Phi) is 6.96. The maximum absolute atomic E-state index is 12.2. The van der Waals surface area contributed by atoms with Crippen LogP contribution < -0.4 is 10.6 Å². The van der Waals surface area contributed by atoms with Gasteiger partial charge in [-0.15, -0.1) is 24.2 Å². The molecule has 0 aromatic rings. The molecule has 2 aliphatic heterocycles. The van der Waals surface area contributed by atoms with Crippen LogP contribution in [0, 0.1) is 0 Å². The van der Waals surface area contributed by atoms with Gasteiger partial charge in [0.2, 0.25) is 11.8 Å². The molecule has 0 spiro atoms. The van der Waals surface area contributed by atoms with Crippen LogP contribution in [0.15, 0.2) is 0 Å². The second-order valence-corrected chi connectivity index (χ2v) is 5.78. The lowest BCUT2D eigenvalue weighted by Crippen LogP contribution is -2.53. The molecule has 2 N–H and O–H groups in total.